The van der Waals surface area contributed by atoms with Crippen molar-refractivity contribution in [3.63, 3.8) is 0 Å². The van der Waals surface area contributed by atoms with E-state index < -0.39 is 10.3 Å². The molecule has 0 bridgehead atoms. The fraction of sp³-hybridized carbons (Fsp3) is 0.333. The third-order valence-corrected chi connectivity index (χ3v) is 1.31. The second-order valence-electron chi connectivity index (χ2n) is 1.92. The van der Waals surface area contributed by atoms with Gasteiger partial charge in [0, 0.05) is 5.57 Å². The smallest absolute Gasteiger partial charge is 0.246 e. The van der Waals surface area contributed by atoms with Gasteiger partial charge in [-0.3, -0.25) is 4.79 Å². The Morgan fingerprint density at radius 2 is 2.18 bits per heavy atom. The molecule has 0 saturated carbocycles. The number of carbonyl (C=O) groups is 1. The van der Waals surface area contributed by atoms with Crippen LogP contribution in [0.15, 0.2) is 12.2 Å². The second-order valence-corrected chi connectivity index (χ2v) is 2.77. The minimum atomic E-state index is -2.21. The Balaban J connectivity index is 3.82. The Kier molecular flexibility index (Phi) is 4.21. The number of carbonyl (C=O) groups excluding carboxylic acids is 1. The van der Waals surface area contributed by atoms with Gasteiger partial charge in [0.25, 0.3) is 0 Å². The lowest BCUT2D eigenvalue weighted by atomic mass is 10.3. The van der Waals surface area contributed by atoms with Gasteiger partial charge in [-0.05, 0) is 6.92 Å². The van der Waals surface area contributed by atoms with Gasteiger partial charge in [-0.25, -0.2) is 0 Å². The molecule has 62 valence electrons. The molecule has 1 N–H and O–H groups in total. The van der Waals surface area contributed by atoms with E-state index in [0.29, 0.717) is 5.57 Å². The third kappa shape index (κ3) is 5.35. The van der Waals surface area contributed by atoms with Gasteiger partial charge in [0.15, 0.2) is 0 Å². The lowest BCUT2D eigenvalue weighted by molar-refractivity contribution is -0.117. The second kappa shape index (κ2) is 4.68. The summed E-state index contributed by atoms with van der Waals surface area (Å²) in [5.41, 5.74) is 0.357. The molecule has 0 aliphatic rings. The Labute approximate surface area is 66.4 Å². The number of amides is 1. The highest BCUT2D eigenvalue weighted by Crippen LogP contribution is 1.82. The highest BCUT2D eigenvalue weighted by atomic mass is 32.2. The third-order valence-electron chi connectivity index (χ3n) is 0.870. The van der Waals surface area contributed by atoms with Crippen molar-refractivity contribution in [3.8, 4) is 0 Å². The maximum absolute atomic E-state index is 10.7. The molecule has 0 rings (SSSR count). The fourth-order valence-electron chi connectivity index (χ4n) is 0.353. The molecule has 0 spiro atoms. The highest BCUT2D eigenvalue weighted by Gasteiger charge is 1.97. The molecule has 0 aliphatic heterocycles. The van der Waals surface area contributed by atoms with Crippen LogP contribution >= 0.6 is 0 Å². The summed E-state index contributed by atoms with van der Waals surface area (Å²) in [6.45, 7) is 4.93. The summed E-state index contributed by atoms with van der Waals surface area (Å²) in [7, 11) is -2.21. The Bertz CT molecular complexity index is 281. The number of hydrogen-bond acceptors (Lipinski definition) is 3. The molecule has 0 heterocycles. The van der Waals surface area contributed by atoms with Crippen LogP contribution in [-0.2, 0) is 15.1 Å². The molecule has 1 amide bonds. The maximum atomic E-state index is 10.7. The van der Waals surface area contributed by atoms with E-state index in [1.807, 2.05) is 0 Å². The minimum absolute atomic E-state index is 0.0157. The molecule has 0 aromatic heterocycles. The molecule has 11 heavy (non-hydrogen) atoms. The van der Waals surface area contributed by atoms with E-state index in [9.17, 15) is 13.2 Å². The first-order valence-corrected chi connectivity index (χ1v) is 4.03. The van der Waals surface area contributed by atoms with Gasteiger partial charge < -0.3 is 5.32 Å². The van der Waals surface area contributed by atoms with Crippen LogP contribution in [0.2, 0.25) is 0 Å². The Morgan fingerprint density at radius 3 is 2.55 bits per heavy atom. The van der Waals surface area contributed by atoms with E-state index in [1.54, 1.807) is 6.92 Å². The summed E-state index contributed by atoms with van der Waals surface area (Å²) in [6, 6.07) is 0. The quantitative estimate of drug-likeness (QED) is 0.458. The van der Waals surface area contributed by atoms with Gasteiger partial charge >= 0.3 is 0 Å². The van der Waals surface area contributed by atoms with E-state index in [4.69, 9.17) is 0 Å². The lowest BCUT2D eigenvalue weighted by Crippen LogP contribution is -2.25. The molecule has 0 fully saturated rings. The van der Waals surface area contributed by atoms with Gasteiger partial charge in [0.1, 0.15) is 0 Å². The molecule has 0 saturated heterocycles. The highest BCUT2D eigenvalue weighted by molar-refractivity contribution is 7.71. The van der Waals surface area contributed by atoms with Crippen molar-refractivity contribution >= 4 is 21.6 Å². The molecule has 4 nitrogen and oxygen atoms in total. The van der Waals surface area contributed by atoms with Crippen LogP contribution in [0.1, 0.15) is 6.92 Å². The average Bonchev–Trinajstić information content (AvgIpc) is 1.86. The van der Waals surface area contributed by atoms with Crippen LogP contribution < -0.4 is 5.32 Å². The van der Waals surface area contributed by atoms with Crippen molar-refractivity contribution in [2.45, 2.75) is 6.92 Å². The number of hydrogen-bond donors (Lipinski definition) is 1. The average molecular weight is 175 g/mol. The molecule has 0 unspecified atom stereocenters. The first kappa shape index (κ1) is 9.90. The van der Waals surface area contributed by atoms with Crippen LogP contribution in [0, 0.1) is 0 Å². The summed E-state index contributed by atoms with van der Waals surface area (Å²) in [6.07, 6.45) is 0. The fourth-order valence-corrected chi connectivity index (χ4v) is 0.573. The zero-order valence-electron chi connectivity index (χ0n) is 6.12. The Morgan fingerprint density at radius 1 is 1.64 bits per heavy atom. The number of rotatable bonds is 3. The zero-order chi connectivity index (χ0) is 8.85. The summed E-state index contributed by atoms with van der Waals surface area (Å²) >= 11 is 0. The molecule has 0 aliphatic carbocycles. The van der Waals surface area contributed by atoms with Gasteiger partial charge in [-0.2, -0.15) is 8.42 Å². The van der Waals surface area contributed by atoms with Crippen LogP contribution in [0.5, 0.6) is 0 Å². The minimum Gasteiger partial charge on any atom is -0.348 e. The summed E-state index contributed by atoms with van der Waals surface area (Å²) < 4.78 is 19.8. The van der Waals surface area contributed by atoms with Gasteiger partial charge in [0.2, 0.25) is 16.2 Å². The standard InChI is InChI=1S/C6H9NO3S/c1-5(2)6(8)7-3-4-11(9)10/h4H,1,3H2,2H3,(H,7,8). The largest absolute Gasteiger partial charge is 0.348 e. The van der Waals surface area contributed by atoms with E-state index in [1.165, 1.54) is 0 Å². The molecule has 0 atom stereocenters. The molecular weight excluding hydrogens is 166 g/mol. The van der Waals surface area contributed by atoms with E-state index in [0.717, 1.165) is 5.37 Å². The van der Waals surface area contributed by atoms with E-state index >= 15 is 0 Å². The SMILES string of the molecule is C=C(C)C(=O)NCC=S(=O)=O. The van der Waals surface area contributed by atoms with Crippen molar-refractivity contribution in [1.82, 2.24) is 5.32 Å². The predicted molar refractivity (Wildman–Crippen MR) is 42.8 cm³/mol. The number of nitrogens with one attached hydrogen (secondary N) is 1. The van der Waals surface area contributed by atoms with Crippen LogP contribution in [0.25, 0.3) is 0 Å². The van der Waals surface area contributed by atoms with E-state index in [2.05, 4.69) is 11.9 Å². The lowest BCUT2D eigenvalue weighted by Gasteiger charge is -1.97. The molecule has 0 aromatic carbocycles. The van der Waals surface area contributed by atoms with Gasteiger partial charge in [-0.15, -0.1) is 0 Å². The monoisotopic (exact) mass is 175 g/mol. The molecule has 0 aromatic rings. The van der Waals surface area contributed by atoms with Crippen LogP contribution in [-0.4, -0.2) is 26.2 Å². The zero-order valence-corrected chi connectivity index (χ0v) is 6.94. The first-order valence-electron chi connectivity index (χ1n) is 2.89. The summed E-state index contributed by atoms with van der Waals surface area (Å²) in [5.74, 6) is -0.341. The van der Waals surface area contributed by atoms with Crippen molar-refractivity contribution in [3.05, 3.63) is 12.2 Å². The maximum Gasteiger partial charge on any atom is 0.246 e. The summed E-state index contributed by atoms with van der Waals surface area (Å²) in [4.78, 5) is 10.7. The normalized spacial score (nSPS) is 8.45. The van der Waals surface area contributed by atoms with Crippen molar-refractivity contribution < 1.29 is 13.2 Å². The van der Waals surface area contributed by atoms with Crippen molar-refractivity contribution in [2.75, 3.05) is 6.54 Å². The van der Waals surface area contributed by atoms with Crippen LogP contribution in [0.3, 0.4) is 0 Å². The topological polar surface area (TPSA) is 63.2 Å². The van der Waals surface area contributed by atoms with Crippen LogP contribution in [0.4, 0.5) is 0 Å². The molecular formula is C6H9NO3S. The van der Waals surface area contributed by atoms with E-state index in [-0.39, 0.29) is 12.5 Å². The predicted octanol–water partition coefficient (Wildman–Crippen LogP) is -0.640. The van der Waals surface area contributed by atoms with Crippen molar-refractivity contribution in [2.24, 2.45) is 0 Å². The first-order chi connectivity index (χ1) is 5.04. The van der Waals surface area contributed by atoms with Gasteiger partial charge in [0.05, 0.1) is 11.9 Å². The molecule has 0 radical (unpaired) electrons. The molecule has 5 heteroatoms. The van der Waals surface area contributed by atoms with Gasteiger partial charge in [-0.1, -0.05) is 6.58 Å². The summed E-state index contributed by atoms with van der Waals surface area (Å²) in [5, 5.41) is 3.29. The Hall–Kier alpha value is -1.10. The van der Waals surface area contributed by atoms with Crippen molar-refractivity contribution in [1.29, 1.82) is 0 Å².